The van der Waals surface area contributed by atoms with E-state index in [9.17, 15) is 13.2 Å². The van der Waals surface area contributed by atoms with Gasteiger partial charge in [-0.2, -0.15) is 5.10 Å². The lowest BCUT2D eigenvalue weighted by Gasteiger charge is -2.12. The predicted molar refractivity (Wildman–Crippen MR) is 131 cm³/mol. The summed E-state index contributed by atoms with van der Waals surface area (Å²) < 4.78 is 32.8. The van der Waals surface area contributed by atoms with Gasteiger partial charge in [0.15, 0.2) is 5.82 Å². The molecule has 1 aromatic carbocycles. The van der Waals surface area contributed by atoms with Crippen molar-refractivity contribution < 1.29 is 17.9 Å². The highest BCUT2D eigenvalue weighted by molar-refractivity contribution is 7.89. The summed E-state index contributed by atoms with van der Waals surface area (Å²) in [6.45, 7) is 6.60. The molecule has 0 atom stereocenters. The number of esters is 1. The van der Waals surface area contributed by atoms with E-state index in [4.69, 9.17) is 9.88 Å². The lowest BCUT2D eigenvalue weighted by atomic mass is 10.1. The van der Waals surface area contributed by atoms with Crippen molar-refractivity contribution in [3.05, 3.63) is 65.9 Å². The van der Waals surface area contributed by atoms with Crippen molar-refractivity contribution in [1.82, 2.24) is 24.3 Å². The van der Waals surface area contributed by atoms with Crippen LogP contribution >= 0.6 is 0 Å². The molecule has 0 spiro atoms. The minimum atomic E-state index is -3.86. The Morgan fingerprint density at radius 2 is 2.00 bits per heavy atom. The topological polar surface area (TPSA) is 135 Å². The van der Waals surface area contributed by atoms with Gasteiger partial charge in [0.2, 0.25) is 10.0 Å². The van der Waals surface area contributed by atoms with E-state index >= 15 is 0 Å². The molecule has 0 bridgehead atoms. The molecule has 0 aliphatic rings. The third kappa shape index (κ3) is 5.10. The third-order valence-corrected chi connectivity index (χ3v) is 6.55. The van der Waals surface area contributed by atoms with Crippen LogP contribution in [0.3, 0.4) is 0 Å². The number of rotatable bonds is 9. The number of primary sulfonamides is 1. The SMILES string of the molecule is CCCCn1c(COC(=O)c2cnn(-c3ccccn3)c2C(C)C)nc2cc(S(N)(=O)=O)ccc21. The number of aromatic nitrogens is 5. The zero-order valence-electron chi connectivity index (χ0n) is 19.9. The standard InChI is InChI=1S/C24H28N6O4S/c1-4-5-12-29-20-10-9-17(35(25,32)33)13-19(20)28-22(29)15-34-24(31)18-14-27-30(23(18)16(2)3)21-8-6-7-11-26-21/h6-11,13-14,16H,4-5,12,15H2,1-3H3,(H2,25,32,33). The van der Waals surface area contributed by atoms with Gasteiger partial charge in [-0.3, -0.25) is 0 Å². The number of sulfonamides is 1. The Morgan fingerprint density at radius 3 is 2.66 bits per heavy atom. The van der Waals surface area contributed by atoms with Gasteiger partial charge < -0.3 is 9.30 Å². The Hall–Kier alpha value is -3.57. The summed E-state index contributed by atoms with van der Waals surface area (Å²) in [5, 5.41) is 9.65. The summed E-state index contributed by atoms with van der Waals surface area (Å²) in [7, 11) is -3.86. The van der Waals surface area contributed by atoms with E-state index in [1.165, 1.54) is 18.3 Å². The first-order valence-electron chi connectivity index (χ1n) is 11.4. The molecule has 35 heavy (non-hydrogen) atoms. The van der Waals surface area contributed by atoms with Crippen LogP contribution in [0.25, 0.3) is 16.9 Å². The van der Waals surface area contributed by atoms with Gasteiger partial charge >= 0.3 is 5.97 Å². The molecule has 2 N–H and O–H groups in total. The highest BCUT2D eigenvalue weighted by Crippen LogP contribution is 2.25. The lowest BCUT2D eigenvalue weighted by Crippen LogP contribution is -2.13. The van der Waals surface area contributed by atoms with Gasteiger partial charge in [-0.15, -0.1) is 0 Å². The second kappa shape index (κ2) is 9.96. The molecule has 11 heteroatoms. The number of pyridine rings is 1. The van der Waals surface area contributed by atoms with Gasteiger partial charge in [0.25, 0.3) is 0 Å². The molecular formula is C24H28N6O4S. The van der Waals surface area contributed by atoms with Crippen molar-refractivity contribution in [3.8, 4) is 5.82 Å². The van der Waals surface area contributed by atoms with Crippen LogP contribution in [0.4, 0.5) is 0 Å². The normalized spacial score (nSPS) is 11.9. The molecule has 0 radical (unpaired) electrons. The Kier molecular flexibility index (Phi) is 6.99. The maximum atomic E-state index is 13.1. The van der Waals surface area contributed by atoms with E-state index in [2.05, 4.69) is 22.0 Å². The van der Waals surface area contributed by atoms with E-state index < -0.39 is 16.0 Å². The minimum absolute atomic E-state index is 0.00665. The van der Waals surface area contributed by atoms with Gasteiger partial charge in [0, 0.05) is 12.7 Å². The molecule has 0 amide bonds. The van der Waals surface area contributed by atoms with Crippen LogP contribution < -0.4 is 5.14 Å². The quantitative estimate of drug-likeness (QED) is 0.350. The average molecular weight is 497 g/mol. The lowest BCUT2D eigenvalue weighted by molar-refractivity contribution is 0.0456. The number of hydrogen-bond donors (Lipinski definition) is 1. The van der Waals surface area contributed by atoms with Crippen molar-refractivity contribution in [3.63, 3.8) is 0 Å². The molecule has 0 unspecified atom stereocenters. The van der Waals surface area contributed by atoms with Crippen LogP contribution in [-0.4, -0.2) is 38.7 Å². The van der Waals surface area contributed by atoms with Crippen LogP contribution in [0.5, 0.6) is 0 Å². The van der Waals surface area contributed by atoms with Gasteiger partial charge in [-0.25, -0.2) is 33.0 Å². The largest absolute Gasteiger partial charge is 0.454 e. The maximum absolute atomic E-state index is 13.1. The van der Waals surface area contributed by atoms with Crippen molar-refractivity contribution in [2.24, 2.45) is 5.14 Å². The van der Waals surface area contributed by atoms with Crippen molar-refractivity contribution in [2.75, 3.05) is 0 Å². The van der Waals surface area contributed by atoms with E-state index in [0.29, 0.717) is 35.0 Å². The Morgan fingerprint density at radius 1 is 1.20 bits per heavy atom. The number of benzene rings is 1. The summed E-state index contributed by atoms with van der Waals surface area (Å²) in [4.78, 5) is 21.9. The monoisotopic (exact) mass is 496 g/mol. The highest BCUT2D eigenvalue weighted by Gasteiger charge is 2.23. The van der Waals surface area contributed by atoms with Crippen LogP contribution in [0, 0.1) is 0 Å². The minimum Gasteiger partial charge on any atom is -0.454 e. The first-order valence-corrected chi connectivity index (χ1v) is 12.9. The Bertz CT molecular complexity index is 1460. The first-order chi connectivity index (χ1) is 16.7. The predicted octanol–water partition coefficient (Wildman–Crippen LogP) is 3.54. The van der Waals surface area contributed by atoms with Crippen LogP contribution in [0.2, 0.25) is 0 Å². The molecule has 3 heterocycles. The molecule has 0 fully saturated rings. The zero-order valence-corrected chi connectivity index (χ0v) is 20.7. The van der Waals surface area contributed by atoms with Crippen LogP contribution in [0.1, 0.15) is 61.4 Å². The molecule has 0 aliphatic heterocycles. The number of fused-ring (bicyclic) bond motifs is 1. The molecule has 184 valence electrons. The first kappa shape index (κ1) is 24.6. The molecule has 0 saturated carbocycles. The number of nitrogens with zero attached hydrogens (tertiary/aromatic N) is 5. The Balaban J connectivity index is 1.64. The van der Waals surface area contributed by atoms with Gasteiger partial charge in [-0.1, -0.05) is 33.3 Å². The number of hydrogen-bond acceptors (Lipinski definition) is 7. The van der Waals surface area contributed by atoms with Gasteiger partial charge in [0.05, 0.1) is 27.8 Å². The van der Waals surface area contributed by atoms with Crippen molar-refractivity contribution in [1.29, 1.82) is 0 Å². The number of aryl methyl sites for hydroxylation is 1. The smallest absolute Gasteiger partial charge is 0.342 e. The van der Waals surface area contributed by atoms with E-state index in [0.717, 1.165) is 18.4 Å². The fraction of sp³-hybridized carbons (Fsp3) is 0.333. The second-order valence-corrected chi connectivity index (χ2v) is 10.1. The van der Waals surface area contributed by atoms with E-state index in [1.807, 2.05) is 36.6 Å². The average Bonchev–Trinajstić information content (AvgIpc) is 3.42. The van der Waals surface area contributed by atoms with Gasteiger partial charge in [-0.05, 0) is 42.7 Å². The number of carbonyl (C=O) groups excluding carboxylic acids is 1. The molecule has 4 rings (SSSR count). The number of nitrogens with two attached hydrogens (primary N) is 1. The maximum Gasteiger partial charge on any atom is 0.342 e. The zero-order chi connectivity index (χ0) is 25.2. The van der Waals surface area contributed by atoms with Crippen LogP contribution in [-0.2, 0) is 27.9 Å². The number of imidazole rings is 1. The van der Waals surface area contributed by atoms with E-state index in [-0.39, 0.29) is 17.4 Å². The fourth-order valence-electron chi connectivity index (χ4n) is 3.95. The molecular weight excluding hydrogens is 468 g/mol. The summed E-state index contributed by atoms with van der Waals surface area (Å²) in [5.41, 5.74) is 2.29. The van der Waals surface area contributed by atoms with Crippen LogP contribution in [0.15, 0.2) is 53.7 Å². The number of carbonyl (C=O) groups is 1. The van der Waals surface area contributed by atoms with Crippen molar-refractivity contribution >= 4 is 27.0 Å². The number of unbranched alkanes of at least 4 members (excludes halogenated alkanes) is 1. The van der Waals surface area contributed by atoms with E-state index in [1.54, 1.807) is 16.9 Å². The molecule has 3 aromatic heterocycles. The summed E-state index contributed by atoms with van der Waals surface area (Å²) in [5.74, 6) is 0.613. The summed E-state index contributed by atoms with van der Waals surface area (Å²) in [6.07, 6.45) is 5.00. The molecule has 0 aliphatic carbocycles. The highest BCUT2D eigenvalue weighted by atomic mass is 32.2. The second-order valence-electron chi connectivity index (χ2n) is 8.50. The Labute approximate surface area is 203 Å². The third-order valence-electron chi connectivity index (χ3n) is 5.63. The molecule has 0 saturated heterocycles. The number of ether oxygens (including phenoxy) is 1. The summed E-state index contributed by atoms with van der Waals surface area (Å²) >= 11 is 0. The fourth-order valence-corrected chi connectivity index (χ4v) is 4.49. The molecule has 10 nitrogen and oxygen atoms in total. The summed E-state index contributed by atoms with van der Waals surface area (Å²) in [6, 6.07) is 10.1. The van der Waals surface area contributed by atoms with Crippen molar-refractivity contribution in [2.45, 2.75) is 57.6 Å². The molecule has 4 aromatic rings. The van der Waals surface area contributed by atoms with Gasteiger partial charge in [0.1, 0.15) is 18.0 Å².